The molecule has 0 radical (unpaired) electrons. The van der Waals surface area contributed by atoms with Gasteiger partial charge in [0.2, 0.25) is 5.95 Å². The number of H-pyrrole nitrogens is 1. The SMILES string of the molecule is CC(Cc1c[nH]c(=O)c(C(F)(F)F)c1)OC(=O)N1CCN(c2ncc(C(C)(C)O)cn2)CC1. The summed E-state index contributed by atoms with van der Waals surface area (Å²) in [6, 6.07) is 0.769. The fourth-order valence-electron chi connectivity index (χ4n) is 3.37. The van der Waals surface area contributed by atoms with E-state index in [1.807, 2.05) is 4.90 Å². The standard InChI is InChI=1S/C21H26F3N5O4/c1-13(8-14-9-16(21(22,23)24)17(30)25-10-14)33-19(31)29-6-4-28(5-7-29)18-26-11-15(12-27-18)20(2,3)32/h9-13,32H,4-8H2,1-3H3,(H,25,30). The number of nitrogens with zero attached hydrogens (tertiary/aromatic N) is 4. The number of aliphatic hydroxyl groups is 1. The van der Waals surface area contributed by atoms with Crippen molar-refractivity contribution in [3.8, 4) is 0 Å². The maximum atomic E-state index is 12.9. The molecule has 0 aliphatic carbocycles. The van der Waals surface area contributed by atoms with E-state index in [0.29, 0.717) is 37.7 Å². The summed E-state index contributed by atoms with van der Waals surface area (Å²) in [5, 5.41) is 10.00. The van der Waals surface area contributed by atoms with Crippen molar-refractivity contribution >= 4 is 12.0 Å². The van der Waals surface area contributed by atoms with Gasteiger partial charge < -0.3 is 24.6 Å². The number of nitrogens with one attached hydrogen (secondary N) is 1. The number of hydrogen-bond donors (Lipinski definition) is 2. The summed E-state index contributed by atoms with van der Waals surface area (Å²) < 4.78 is 44.1. The molecule has 1 unspecified atom stereocenters. The molecule has 0 spiro atoms. The minimum atomic E-state index is -4.76. The molecule has 3 rings (SSSR count). The van der Waals surface area contributed by atoms with Crippen molar-refractivity contribution in [1.82, 2.24) is 19.9 Å². The number of ether oxygens (including phenoxy) is 1. The van der Waals surface area contributed by atoms with E-state index < -0.39 is 35.1 Å². The van der Waals surface area contributed by atoms with Gasteiger partial charge in [-0.15, -0.1) is 0 Å². The topological polar surface area (TPSA) is 112 Å². The number of rotatable bonds is 5. The summed E-state index contributed by atoms with van der Waals surface area (Å²) in [7, 11) is 0. The van der Waals surface area contributed by atoms with Gasteiger partial charge >= 0.3 is 12.3 Å². The van der Waals surface area contributed by atoms with Crippen LogP contribution in [0.3, 0.4) is 0 Å². The maximum Gasteiger partial charge on any atom is 0.421 e. The number of carbonyl (C=O) groups is 1. The third-order valence-corrected chi connectivity index (χ3v) is 5.26. The first-order chi connectivity index (χ1) is 15.3. The van der Waals surface area contributed by atoms with Gasteiger partial charge in [-0.25, -0.2) is 14.8 Å². The van der Waals surface area contributed by atoms with Gasteiger partial charge in [-0.1, -0.05) is 0 Å². The van der Waals surface area contributed by atoms with Crippen molar-refractivity contribution in [1.29, 1.82) is 0 Å². The third-order valence-electron chi connectivity index (χ3n) is 5.26. The van der Waals surface area contributed by atoms with Crippen LogP contribution in [0.2, 0.25) is 0 Å². The first-order valence-electron chi connectivity index (χ1n) is 10.4. The van der Waals surface area contributed by atoms with Crippen LogP contribution in [0.5, 0.6) is 0 Å². The van der Waals surface area contributed by atoms with Gasteiger partial charge in [-0.05, 0) is 32.4 Å². The lowest BCUT2D eigenvalue weighted by Gasteiger charge is -2.34. The van der Waals surface area contributed by atoms with Crippen molar-refractivity contribution < 1.29 is 27.8 Å². The molecule has 0 bridgehead atoms. The Bertz CT molecular complexity index is 1030. The lowest BCUT2D eigenvalue weighted by Crippen LogP contribution is -2.50. The van der Waals surface area contributed by atoms with E-state index in [2.05, 4.69) is 15.0 Å². The first-order valence-corrected chi connectivity index (χ1v) is 10.4. The van der Waals surface area contributed by atoms with Crippen LogP contribution in [-0.4, -0.2) is 63.3 Å². The molecule has 9 nitrogen and oxygen atoms in total. The smallest absolute Gasteiger partial charge is 0.421 e. The minimum Gasteiger partial charge on any atom is -0.446 e. The van der Waals surface area contributed by atoms with Crippen LogP contribution in [0.15, 0.2) is 29.5 Å². The zero-order valence-corrected chi connectivity index (χ0v) is 18.5. The van der Waals surface area contributed by atoms with Gasteiger partial charge in [0.1, 0.15) is 11.7 Å². The Balaban J connectivity index is 1.52. The number of amides is 1. The van der Waals surface area contributed by atoms with E-state index in [-0.39, 0.29) is 12.0 Å². The molecule has 1 amide bonds. The average Bonchev–Trinajstić information content (AvgIpc) is 2.74. The van der Waals surface area contributed by atoms with Crippen LogP contribution < -0.4 is 10.5 Å². The largest absolute Gasteiger partial charge is 0.446 e. The van der Waals surface area contributed by atoms with E-state index in [9.17, 15) is 27.9 Å². The molecule has 1 aliphatic heterocycles. The van der Waals surface area contributed by atoms with Gasteiger partial charge in [-0.3, -0.25) is 4.79 Å². The Morgan fingerprint density at radius 3 is 2.36 bits per heavy atom. The fraction of sp³-hybridized carbons (Fsp3) is 0.524. The van der Waals surface area contributed by atoms with Crippen LogP contribution in [0.25, 0.3) is 0 Å². The van der Waals surface area contributed by atoms with E-state index >= 15 is 0 Å². The van der Waals surface area contributed by atoms with Gasteiger partial charge in [0.25, 0.3) is 5.56 Å². The molecule has 1 saturated heterocycles. The molecule has 2 N–H and O–H groups in total. The lowest BCUT2D eigenvalue weighted by atomic mass is 10.0. The Hall–Kier alpha value is -3.15. The second-order valence-corrected chi connectivity index (χ2v) is 8.45. The highest BCUT2D eigenvalue weighted by Gasteiger charge is 2.34. The van der Waals surface area contributed by atoms with Crippen molar-refractivity contribution in [3.63, 3.8) is 0 Å². The molecule has 3 heterocycles. The number of anilines is 1. The Morgan fingerprint density at radius 2 is 1.82 bits per heavy atom. The summed E-state index contributed by atoms with van der Waals surface area (Å²) in [5.74, 6) is 0.489. The average molecular weight is 469 g/mol. The van der Waals surface area contributed by atoms with Crippen LogP contribution in [0.1, 0.15) is 37.5 Å². The Labute approximate surface area is 188 Å². The van der Waals surface area contributed by atoms with Crippen molar-refractivity contribution in [2.45, 2.75) is 45.1 Å². The molecule has 2 aromatic rings. The summed E-state index contributed by atoms with van der Waals surface area (Å²) in [4.78, 5) is 37.9. The fourth-order valence-corrected chi connectivity index (χ4v) is 3.37. The summed E-state index contributed by atoms with van der Waals surface area (Å²) in [6.07, 6.45) is -1.70. The number of aromatic amines is 1. The van der Waals surface area contributed by atoms with E-state index in [1.54, 1.807) is 33.2 Å². The van der Waals surface area contributed by atoms with Crippen LogP contribution >= 0.6 is 0 Å². The van der Waals surface area contributed by atoms with Crippen LogP contribution in [-0.2, 0) is 22.9 Å². The monoisotopic (exact) mass is 469 g/mol. The molecule has 2 aromatic heterocycles. The summed E-state index contributed by atoms with van der Waals surface area (Å²) >= 11 is 0. The quantitative estimate of drug-likeness (QED) is 0.691. The van der Waals surface area contributed by atoms with E-state index in [0.717, 1.165) is 6.07 Å². The molecule has 33 heavy (non-hydrogen) atoms. The maximum absolute atomic E-state index is 12.9. The third kappa shape index (κ3) is 6.21. The normalized spacial score (nSPS) is 16.0. The number of aromatic nitrogens is 3. The number of alkyl halides is 3. The lowest BCUT2D eigenvalue weighted by molar-refractivity contribution is -0.138. The van der Waals surface area contributed by atoms with Gasteiger partial charge in [0, 0.05) is 56.8 Å². The highest BCUT2D eigenvalue weighted by molar-refractivity contribution is 5.68. The zero-order valence-electron chi connectivity index (χ0n) is 18.5. The molecular formula is C21H26F3N5O4. The number of pyridine rings is 1. The van der Waals surface area contributed by atoms with Crippen molar-refractivity contribution in [2.75, 3.05) is 31.1 Å². The summed E-state index contributed by atoms with van der Waals surface area (Å²) in [5.41, 5.74) is -2.74. The molecule has 12 heteroatoms. The number of carbonyl (C=O) groups excluding carboxylic acids is 1. The molecule has 1 fully saturated rings. The van der Waals surface area contributed by atoms with Crippen molar-refractivity contribution in [2.24, 2.45) is 0 Å². The van der Waals surface area contributed by atoms with Gasteiger partial charge in [0.15, 0.2) is 0 Å². The molecular weight excluding hydrogens is 443 g/mol. The predicted molar refractivity (Wildman–Crippen MR) is 113 cm³/mol. The summed E-state index contributed by atoms with van der Waals surface area (Å²) in [6.45, 7) is 6.52. The highest BCUT2D eigenvalue weighted by Crippen LogP contribution is 2.27. The van der Waals surface area contributed by atoms with Crippen LogP contribution in [0, 0.1) is 0 Å². The Kier molecular flexibility index (Phi) is 6.96. The van der Waals surface area contributed by atoms with E-state index in [4.69, 9.17) is 4.74 Å². The molecule has 1 aliphatic rings. The Morgan fingerprint density at radius 1 is 1.21 bits per heavy atom. The second kappa shape index (κ2) is 9.38. The van der Waals surface area contributed by atoms with Crippen molar-refractivity contribution in [3.05, 3.63) is 51.7 Å². The highest BCUT2D eigenvalue weighted by atomic mass is 19.4. The van der Waals surface area contributed by atoms with Gasteiger partial charge in [0.05, 0.1) is 5.60 Å². The van der Waals surface area contributed by atoms with E-state index in [1.165, 1.54) is 11.1 Å². The molecule has 1 atom stereocenters. The second-order valence-electron chi connectivity index (χ2n) is 8.45. The van der Waals surface area contributed by atoms with Gasteiger partial charge in [-0.2, -0.15) is 13.2 Å². The molecule has 0 saturated carbocycles. The van der Waals surface area contributed by atoms with Crippen LogP contribution in [0.4, 0.5) is 23.9 Å². The zero-order chi connectivity index (χ0) is 24.4. The first kappa shape index (κ1) is 24.5. The minimum absolute atomic E-state index is 0.0208. The predicted octanol–water partition coefficient (Wildman–Crippen LogP) is 2.30. The number of halogens is 3. The molecule has 180 valence electrons. The molecule has 0 aromatic carbocycles. The number of piperazine rings is 1. The number of hydrogen-bond acceptors (Lipinski definition) is 7.